The Bertz CT molecular complexity index is 134. The Kier molecular flexibility index (Phi) is 6.62. The van der Waals surface area contributed by atoms with Gasteiger partial charge in [-0.05, 0) is 45.3 Å². The van der Waals surface area contributed by atoms with Crippen molar-refractivity contribution in [3.8, 4) is 0 Å². The number of carbonyl (C=O) groups is 1. The summed E-state index contributed by atoms with van der Waals surface area (Å²) in [5.74, 6) is 0.363. The summed E-state index contributed by atoms with van der Waals surface area (Å²) in [7, 11) is 0. The van der Waals surface area contributed by atoms with Crippen molar-refractivity contribution in [1.82, 2.24) is 10.6 Å². The lowest BCUT2D eigenvalue weighted by Gasteiger charge is -2.08. The average molecular weight is 198 g/mol. The minimum atomic E-state index is 0.363. The lowest BCUT2D eigenvalue weighted by atomic mass is 10.2. The number of rotatable bonds is 0. The summed E-state index contributed by atoms with van der Waals surface area (Å²) in [6.07, 6.45) is 7.23. The molecule has 14 heavy (non-hydrogen) atoms. The van der Waals surface area contributed by atoms with Crippen LogP contribution in [0.15, 0.2) is 0 Å². The molecule has 2 aliphatic heterocycles. The summed E-state index contributed by atoms with van der Waals surface area (Å²) in [5.41, 5.74) is 0. The highest BCUT2D eigenvalue weighted by atomic mass is 16.1. The van der Waals surface area contributed by atoms with Crippen molar-refractivity contribution in [2.75, 3.05) is 26.2 Å². The molecular formula is C11H22N2O. The first kappa shape index (κ1) is 11.7. The minimum Gasteiger partial charge on any atom is -0.317 e. The van der Waals surface area contributed by atoms with Crippen molar-refractivity contribution in [2.45, 2.75) is 38.5 Å². The lowest BCUT2D eigenvalue weighted by molar-refractivity contribution is -0.117. The van der Waals surface area contributed by atoms with Gasteiger partial charge >= 0.3 is 0 Å². The molecule has 0 atom stereocenters. The van der Waals surface area contributed by atoms with Crippen LogP contribution >= 0.6 is 0 Å². The molecule has 0 amide bonds. The van der Waals surface area contributed by atoms with Gasteiger partial charge in [0.2, 0.25) is 0 Å². The van der Waals surface area contributed by atoms with Gasteiger partial charge in [0.05, 0.1) is 6.54 Å². The van der Waals surface area contributed by atoms with Crippen molar-refractivity contribution in [1.29, 1.82) is 0 Å². The van der Waals surface area contributed by atoms with E-state index < -0.39 is 0 Å². The molecule has 2 heterocycles. The topological polar surface area (TPSA) is 41.1 Å². The molecule has 0 unspecified atom stereocenters. The zero-order chi connectivity index (χ0) is 10.1. The summed E-state index contributed by atoms with van der Waals surface area (Å²) >= 11 is 0. The number of hydrogen-bond donors (Lipinski definition) is 2. The highest BCUT2D eigenvalue weighted by Gasteiger charge is 2.04. The largest absolute Gasteiger partial charge is 0.317 e. The van der Waals surface area contributed by atoms with Crippen LogP contribution in [-0.2, 0) is 4.79 Å². The molecule has 0 radical (unpaired) electrons. The smallest absolute Gasteiger partial charge is 0.146 e. The standard InChI is InChI=1S/C6H11NO.C5H11N/c8-6-3-1-2-4-7-5-6;1-2-4-6-5-3-1/h7H,1-5H2;6H,1-5H2. The molecular weight excluding hydrogens is 176 g/mol. The van der Waals surface area contributed by atoms with Gasteiger partial charge in [0.25, 0.3) is 0 Å². The number of Topliss-reactive ketones (excluding diaryl/α,β-unsaturated/α-hetero) is 1. The summed E-state index contributed by atoms with van der Waals surface area (Å²) < 4.78 is 0. The fourth-order valence-electron chi connectivity index (χ4n) is 1.69. The zero-order valence-electron chi connectivity index (χ0n) is 8.98. The number of nitrogens with one attached hydrogen (secondary N) is 2. The highest BCUT2D eigenvalue weighted by molar-refractivity contribution is 5.80. The molecule has 2 fully saturated rings. The zero-order valence-corrected chi connectivity index (χ0v) is 8.98. The monoisotopic (exact) mass is 198 g/mol. The Balaban J connectivity index is 0.000000146. The third kappa shape index (κ3) is 6.11. The molecule has 3 nitrogen and oxygen atoms in total. The second-order valence-corrected chi connectivity index (χ2v) is 3.98. The first-order chi connectivity index (χ1) is 6.89. The van der Waals surface area contributed by atoms with E-state index in [9.17, 15) is 4.79 Å². The van der Waals surface area contributed by atoms with E-state index in [1.807, 2.05) is 0 Å². The summed E-state index contributed by atoms with van der Waals surface area (Å²) in [4.78, 5) is 10.6. The second kappa shape index (κ2) is 7.94. The molecule has 82 valence electrons. The Morgan fingerprint density at radius 2 is 1.43 bits per heavy atom. The van der Waals surface area contributed by atoms with Gasteiger partial charge in [-0.3, -0.25) is 4.79 Å². The van der Waals surface area contributed by atoms with Crippen LogP contribution in [0.25, 0.3) is 0 Å². The number of hydrogen-bond acceptors (Lipinski definition) is 3. The van der Waals surface area contributed by atoms with Crippen LogP contribution in [0.2, 0.25) is 0 Å². The lowest BCUT2D eigenvalue weighted by Crippen LogP contribution is -2.21. The highest BCUT2D eigenvalue weighted by Crippen LogP contribution is 1.98. The van der Waals surface area contributed by atoms with E-state index in [2.05, 4.69) is 10.6 Å². The fraction of sp³-hybridized carbons (Fsp3) is 0.909. The van der Waals surface area contributed by atoms with E-state index in [1.165, 1.54) is 32.4 Å². The van der Waals surface area contributed by atoms with Crippen LogP contribution in [0.3, 0.4) is 0 Å². The Hall–Kier alpha value is -0.410. The summed E-state index contributed by atoms with van der Waals surface area (Å²) in [5, 5.41) is 6.33. The molecule has 0 aromatic carbocycles. The molecule has 0 bridgehead atoms. The van der Waals surface area contributed by atoms with E-state index in [0.29, 0.717) is 12.3 Å². The summed E-state index contributed by atoms with van der Waals surface area (Å²) in [6, 6.07) is 0. The van der Waals surface area contributed by atoms with Crippen LogP contribution in [0.4, 0.5) is 0 Å². The van der Waals surface area contributed by atoms with E-state index in [0.717, 1.165) is 25.8 Å². The van der Waals surface area contributed by atoms with Crippen molar-refractivity contribution in [2.24, 2.45) is 0 Å². The number of piperidine rings is 1. The molecule has 0 aromatic rings. The van der Waals surface area contributed by atoms with Gasteiger partial charge in [-0.2, -0.15) is 0 Å². The third-order valence-electron chi connectivity index (χ3n) is 2.59. The Morgan fingerprint density at radius 1 is 0.786 bits per heavy atom. The van der Waals surface area contributed by atoms with Crippen molar-refractivity contribution in [3.63, 3.8) is 0 Å². The molecule has 2 saturated heterocycles. The predicted octanol–water partition coefficient (Wildman–Crippen LogP) is 1.09. The van der Waals surface area contributed by atoms with Crippen LogP contribution in [0.1, 0.15) is 38.5 Å². The maximum absolute atomic E-state index is 10.6. The van der Waals surface area contributed by atoms with Crippen molar-refractivity contribution in [3.05, 3.63) is 0 Å². The molecule has 0 aromatic heterocycles. The van der Waals surface area contributed by atoms with Crippen molar-refractivity contribution >= 4 is 5.78 Å². The maximum Gasteiger partial charge on any atom is 0.146 e. The minimum absolute atomic E-state index is 0.363. The first-order valence-electron chi connectivity index (χ1n) is 5.83. The molecule has 3 heteroatoms. The van der Waals surface area contributed by atoms with Crippen LogP contribution < -0.4 is 10.6 Å². The molecule has 0 saturated carbocycles. The number of carbonyl (C=O) groups excluding carboxylic acids is 1. The molecule has 2 rings (SSSR count). The van der Waals surface area contributed by atoms with Crippen LogP contribution in [0.5, 0.6) is 0 Å². The van der Waals surface area contributed by atoms with E-state index in [1.54, 1.807) is 0 Å². The number of ketones is 1. The van der Waals surface area contributed by atoms with E-state index >= 15 is 0 Å². The summed E-state index contributed by atoms with van der Waals surface area (Å²) in [6.45, 7) is 4.12. The van der Waals surface area contributed by atoms with Gasteiger partial charge in [-0.25, -0.2) is 0 Å². The molecule has 0 aliphatic carbocycles. The van der Waals surface area contributed by atoms with E-state index in [4.69, 9.17) is 0 Å². The molecule has 0 spiro atoms. The van der Waals surface area contributed by atoms with Crippen LogP contribution in [0, 0.1) is 0 Å². The van der Waals surface area contributed by atoms with Gasteiger partial charge in [0.1, 0.15) is 5.78 Å². The predicted molar refractivity (Wildman–Crippen MR) is 58.4 cm³/mol. The molecule has 2 aliphatic rings. The Morgan fingerprint density at radius 3 is 2.00 bits per heavy atom. The Labute approximate surface area is 86.6 Å². The third-order valence-corrected chi connectivity index (χ3v) is 2.59. The van der Waals surface area contributed by atoms with Crippen molar-refractivity contribution < 1.29 is 4.79 Å². The molecule has 2 N–H and O–H groups in total. The quantitative estimate of drug-likeness (QED) is 0.612. The maximum atomic E-state index is 10.6. The van der Waals surface area contributed by atoms with Crippen LogP contribution in [-0.4, -0.2) is 32.0 Å². The van der Waals surface area contributed by atoms with Gasteiger partial charge in [0, 0.05) is 6.42 Å². The van der Waals surface area contributed by atoms with Gasteiger partial charge in [0.15, 0.2) is 0 Å². The SMILES string of the molecule is C1CCNCC1.O=C1CCCCNC1. The van der Waals surface area contributed by atoms with Gasteiger partial charge < -0.3 is 10.6 Å². The normalized spacial score (nSPS) is 23.3. The average Bonchev–Trinajstić information content (AvgIpc) is 2.49. The van der Waals surface area contributed by atoms with Gasteiger partial charge in [-0.1, -0.05) is 6.42 Å². The first-order valence-corrected chi connectivity index (χ1v) is 5.83. The van der Waals surface area contributed by atoms with Gasteiger partial charge in [-0.15, -0.1) is 0 Å². The van der Waals surface area contributed by atoms with E-state index in [-0.39, 0.29) is 0 Å². The fourth-order valence-corrected chi connectivity index (χ4v) is 1.69. The second-order valence-electron chi connectivity index (χ2n) is 3.98.